The van der Waals surface area contributed by atoms with Gasteiger partial charge in [-0.3, -0.25) is 9.59 Å². The molecule has 6 heteroatoms. The molecule has 0 fully saturated rings. The SMILES string of the molecule is CCCCCCCCCC(SCC(=O)O)SCC(=O)O. The maximum Gasteiger partial charge on any atom is 0.313 e. The van der Waals surface area contributed by atoms with Crippen molar-refractivity contribution in [1.29, 1.82) is 0 Å². The molecule has 0 radical (unpaired) electrons. The minimum absolute atomic E-state index is 0.0494. The van der Waals surface area contributed by atoms with Gasteiger partial charge in [-0.15, -0.1) is 23.5 Å². The normalized spacial score (nSPS) is 10.9. The summed E-state index contributed by atoms with van der Waals surface area (Å²) in [4.78, 5) is 21.1. The third-order valence-corrected chi connectivity index (χ3v) is 5.69. The van der Waals surface area contributed by atoms with Crippen molar-refractivity contribution in [2.24, 2.45) is 0 Å². The first-order chi connectivity index (χ1) is 9.56. The third-order valence-electron chi connectivity index (χ3n) is 2.83. The van der Waals surface area contributed by atoms with E-state index in [4.69, 9.17) is 10.2 Å². The first-order valence-electron chi connectivity index (χ1n) is 7.23. The minimum Gasteiger partial charge on any atom is -0.481 e. The molecule has 118 valence electrons. The van der Waals surface area contributed by atoms with Gasteiger partial charge >= 0.3 is 11.9 Å². The first-order valence-corrected chi connectivity index (χ1v) is 9.32. The van der Waals surface area contributed by atoms with E-state index in [1.165, 1.54) is 55.6 Å². The molecule has 0 heterocycles. The second-order valence-electron chi connectivity index (χ2n) is 4.75. The zero-order chi connectivity index (χ0) is 15.2. The van der Waals surface area contributed by atoms with Crippen LogP contribution in [0.2, 0.25) is 0 Å². The number of carboxylic acids is 2. The van der Waals surface area contributed by atoms with Gasteiger partial charge in [-0.2, -0.15) is 0 Å². The van der Waals surface area contributed by atoms with Gasteiger partial charge in [0.15, 0.2) is 0 Å². The lowest BCUT2D eigenvalue weighted by molar-refractivity contribution is -0.134. The Labute approximate surface area is 130 Å². The molecule has 0 saturated carbocycles. The molecule has 0 aromatic carbocycles. The monoisotopic (exact) mass is 322 g/mol. The lowest BCUT2D eigenvalue weighted by atomic mass is 10.1. The molecule has 0 aromatic heterocycles. The van der Waals surface area contributed by atoms with Gasteiger partial charge in [-0.05, 0) is 6.42 Å². The molecule has 0 spiro atoms. The summed E-state index contributed by atoms with van der Waals surface area (Å²) in [6.07, 6.45) is 9.43. The summed E-state index contributed by atoms with van der Waals surface area (Å²) in [6.45, 7) is 2.20. The van der Waals surface area contributed by atoms with Crippen LogP contribution in [0.4, 0.5) is 0 Å². The summed E-state index contributed by atoms with van der Waals surface area (Å²) < 4.78 is 0.0813. The van der Waals surface area contributed by atoms with Crippen LogP contribution in [0.5, 0.6) is 0 Å². The topological polar surface area (TPSA) is 74.6 Å². The predicted octanol–water partition coefficient (Wildman–Crippen LogP) is 4.09. The molecular weight excluding hydrogens is 296 g/mol. The van der Waals surface area contributed by atoms with Crippen LogP contribution < -0.4 is 0 Å². The Kier molecular flexibility index (Phi) is 13.4. The third kappa shape index (κ3) is 14.1. The molecule has 0 aliphatic carbocycles. The summed E-state index contributed by atoms with van der Waals surface area (Å²) in [5.74, 6) is -1.58. The number of thioether (sulfide) groups is 2. The second-order valence-corrected chi connectivity index (χ2v) is 7.43. The van der Waals surface area contributed by atoms with Crippen molar-refractivity contribution in [2.75, 3.05) is 11.5 Å². The Balaban J connectivity index is 3.72. The predicted molar refractivity (Wildman–Crippen MR) is 86.6 cm³/mol. The molecule has 2 N–H and O–H groups in total. The van der Waals surface area contributed by atoms with Gasteiger partial charge in [0.1, 0.15) is 0 Å². The molecule has 20 heavy (non-hydrogen) atoms. The van der Waals surface area contributed by atoms with Gasteiger partial charge in [0, 0.05) is 0 Å². The van der Waals surface area contributed by atoms with E-state index in [0.717, 1.165) is 19.3 Å². The molecule has 0 bridgehead atoms. The summed E-state index contributed by atoms with van der Waals surface area (Å²) in [5.41, 5.74) is 0. The number of hydrogen-bond acceptors (Lipinski definition) is 4. The highest BCUT2D eigenvalue weighted by molar-refractivity contribution is 8.17. The number of carboxylic acid groups (broad SMARTS) is 2. The van der Waals surface area contributed by atoms with Crippen molar-refractivity contribution in [3.8, 4) is 0 Å². The van der Waals surface area contributed by atoms with Gasteiger partial charge in [-0.1, -0.05) is 51.9 Å². The van der Waals surface area contributed by atoms with Crippen LogP contribution in [0.3, 0.4) is 0 Å². The van der Waals surface area contributed by atoms with Crippen LogP contribution in [-0.4, -0.2) is 38.2 Å². The van der Waals surface area contributed by atoms with Crippen LogP contribution in [0.15, 0.2) is 0 Å². The van der Waals surface area contributed by atoms with Crippen molar-refractivity contribution < 1.29 is 19.8 Å². The molecule has 0 rings (SSSR count). The lowest BCUT2D eigenvalue weighted by Gasteiger charge is -2.14. The quantitative estimate of drug-likeness (QED) is 0.370. The van der Waals surface area contributed by atoms with Crippen molar-refractivity contribution in [2.45, 2.75) is 62.9 Å². The number of hydrogen-bond donors (Lipinski definition) is 2. The van der Waals surface area contributed by atoms with E-state index >= 15 is 0 Å². The maximum atomic E-state index is 10.6. The fraction of sp³-hybridized carbons (Fsp3) is 0.857. The van der Waals surface area contributed by atoms with Crippen molar-refractivity contribution in [1.82, 2.24) is 0 Å². The van der Waals surface area contributed by atoms with Gasteiger partial charge < -0.3 is 10.2 Å². The molecule has 0 aromatic rings. The van der Waals surface area contributed by atoms with Crippen molar-refractivity contribution in [3.63, 3.8) is 0 Å². The average molecular weight is 322 g/mol. The van der Waals surface area contributed by atoms with Crippen LogP contribution in [0, 0.1) is 0 Å². The highest BCUT2D eigenvalue weighted by Crippen LogP contribution is 2.28. The van der Waals surface area contributed by atoms with Crippen molar-refractivity contribution >= 4 is 35.5 Å². The fourth-order valence-corrected chi connectivity index (χ4v) is 3.93. The summed E-state index contributed by atoms with van der Waals surface area (Å²) >= 11 is 2.69. The number of carbonyl (C=O) groups is 2. The minimum atomic E-state index is -0.838. The number of unbranched alkanes of at least 4 members (excludes halogenated alkanes) is 6. The molecular formula is C14H26O4S2. The largest absolute Gasteiger partial charge is 0.481 e. The smallest absolute Gasteiger partial charge is 0.313 e. The molecule has 4 nitrogen and oxygen atoms in total. The van der Waals surface area contributed by atoms with Gasteiger partial charge in [-0.25, -0.2) is 0 Å². The van der Waals surface area contributed by atoms with Gasteiger partial charge in [0.25, 0.3) is 0 Å². The Bertz CT molecular complexity index is 254. The van der Waals surface area contributed by atoms with Crippen LogP contribution in [0.1, 0.15) is 58.3 Å². The van der Waals surface area contributed by atoms with Crippen LogP contribution >= 0.6 is 23.5 Å². The highest BCUT2D eigenvalue weighted by atomic mass is 32.2. The summed E-state index contributed by atoms with van der Waals surface area (Å²) in [5, 5.41) is 17.4. The molecule has 0 aliphatic rings. The lowest BCUT2D eigenvalue weighted by Crippen LogP contribution is -2.08. The van der Waals surface area contributed by atoms with E-state index in [9.17, 15) is 9.59 Å². The van der Waals surface area contributed by atoms with E-state index in [2.05, 4.69) is 6.92 Å². The van der Waals surface area contributed by atoms with E-state index in [1.807, 2.05) is 0 Å². The van der Waals surface area contributed by atoms with E-state index < -0.39 is 11.9 Å². The van der Waals surface area contributed by atoms with E-state index in [0.29, 0.717) is 0 Å². The number of aliphatic carboxylic acids is 2. The average Bonchev–Trinajstić information content (AvgIpc) is 2.39. The zero-order valence-electron chi connectivity index (χ0n) is 12.2. The standard InChI is InChI=1S/C14H26O4S2/c1-2-3-4-5-6-7-8-9-14(19-10-12(15)16)20-11-13(17)18/h14H,2-11H2,1H3,(H,15,16)(H,17,18). The molecule has 0 amide bonds. The van der Waals surface area contributed by atoms with Crippen LogP contribution in [-0.2, 0) is 9.59 Å². The Hall–Kier alpha value is -0.360. The summed E-state index contributed by atoms with van der Waals surface area (Å²) in [7, 11) is 0. The van der Waals surface area contributed by atoms with Gasteiger partial charge in [0.05, 0.1) is 16.1 Å². The Morgan fingerprint density at radius 3 is 1.75 bits per heavy atom. The van der Waals surface area contributed by atoms with Crippen molar-refractivity contribution in [3.05, 3.63) is 0 Å². The fourth-order valence-electron chi connectivity index (χ4n) is 1.81. The second kappa shape index (κ2) is 13.6. The van der Waals surface area contributed by atoms with E-state index in [1.54, 1.807) is 0 Å². The molecule has 0 atom stereocenters. The Morgan fingerprint density at radius 1 is 0.850 bits per heavy atom. The zero-order valence-corrected chi connectivity index (χ0v) is 13.8. The Morgan fingerprint density at radius 2 is 1.30 bits per heavy atom. The number of rotatable bonds is 14. The van der Waals surface area contributed by atoms with Gasteiger partial charge in [0.2, 0.25) is 0 Å². The summed E-state index contributed by atoms with van der Waals surface area (Å²) in [6, 6.07) is 0. The van der Waals surface area contributed by atoms with E-state index in [-0.39, 0.29) is 16.1 Å². The van der Waals surface area contributed by atoms with Crippen LogP contribution in [0.25, 0.3) is 0 Å². The first kappa shape index (κ1) is 19.6. The maximum absolute atomic E-state index is 10.6. The highest BCUT2D eigenvalue weighted by Gasteiger charge is 2.13. The molecule has 0 unspecified atom stereocenters. The molecule has 0 saturated heterocycles. The molecule has 0 aliphatic heterocycles.